The molecule has 114 valence electrons. The topological polar surface area (TPSA) is 69.6 Å². The van der Waals surface area contributed by atoms with E-state index in [9.17, 15) is 14.0 Å². The number of rotatable bonds is 7. The lowest BCUT2D eigenvalue weighted by atomic mass is 10.1. The number of carboxylic acids is 1. The second-order valence-corrected chi connectivity index (χ2v) is 5.29. The first-order chi connectivity index (χ1) is 10.1. The lowest BCUT2D eigenvalue weighted by Crippen LogP contribution is -2.44. The molecule has 6 heteroatoms. The molecule has 1 fully saturated rings. The highest BCUT2D eigenvalue weighted by atomic mass is 19.1. The molecule has 2 N–H and O–H groups in total. The second-order valence-electron chi connectivity index (χ2n) is 5.29. The molecular formula is C15H19FN2O3. The summed E-state index contributed by atoms with van der Waals surface area (Å²) >= 11 is 0. The SMILES string of the molecule is O=C(O)CN(CC1CC1)C(=O)NCCc1ccccc1F. The van der Waals surface area contributed by atoms with Crippen LogP contribution in [0.5, 0.6) is 0 Å². The fraction of sp³-hybridized carbons (Fsp3) is 0.467. The van der Waals surface area contributed by atoms with Gasteiger partial charge in [-0.1, -0.05) is 18.2 Å². The monoisotopic (exact) mass is 294 g/mol. The molecule has 0 spiro atoms. The maximum absolute atomic E-state index is 13.4. The molecule has 0 bridgehead atoms. The van der Waals surface area contributed by atoms with Crippen molar-refractivity contribution < 1.29 is 19.1 Å². The normalized spacial score (nSPS) is 13.8. The van der Waals surface area contributed by atoms with Gasteiger partial charge < -0.3 is 15.3 Å². The fourth-order valence-corrected chi connectivity index (χ4v) is 2.11. The van der Waals surface area contributed by atoms with Crippen LogP contribution < -0.4 is 5.32 Å². The summed E-state index contributed by atoms with van der Waals surface area (Å²) in [7, 11) is 0. The predicted octanol–water partition coefficient (Wildman–Crippen LogP) is 1.87. The van der Waals surface area contributed by atoms with Crippen LogP contribution in [0.1, 0.15) is 18.4 Å². The zero-order chi connectivity index (χ0) is 15.2. The van der Waals surface area contributed by atoms with Crippen molar-refractivity contribution in [3.63, 3.8) is 0 Å². The minimum Gasteiger partial charge on any atom is -0.480 e. The van der Waals surface area contributed by atoms with Crippen LogP contribution in [0.15, 0.2) is 24.3 Å². The Balaban J connectivity index is 1.80. The summed E-state index contributed by atoms with van der Waals surface area (Å²) in [4.78, 5) is 24.1. The van der Waals surface area contributed by atoms with Gasteiger partial charge in [0, 0.05) is 13.1 Å². The first-order valence-electron chi connectivity index (χ1n) is 7.04. The number of halogens is 1. The van der Waals surface area contributed by atoms with Gasteiger partial charge in [-0.05, 0) is 36.8 Å². The summed E-state index contributed by atoms with van der Waals surface area (Å²) in [5.41, 5.74) is 0.532. The highest BCUT2D eigenvalue weighted by molar-refractivity contribution is 5.80. The van der Waals surface area contributed by atoms with Crippen molar-refractivity contribution in [3.8, 4) is 0 Å². The number of amides is 2. The fourth-order valence-electron chi connectivity index (χ4n) is 2.11. The van der Waals surface area contributed by atoms with Gasteiger partial charge in [-0.15, -0.1) is 0 Å². The van der Waals surface area contributed by atoms with Gasteiger partial charge in [0.2, 0.25) is 0 Å². The van der Waals surface area contributed by atoms with Crippen LogP contribution in [0.4, 0.5) is 9.18 Å². The van der Waals surface area contributed by atoms with E-state index in [1.165, 1.54) is 11.0 Å². The van der Waals surface area contributed by atoms with Gasteiger partial charge >= 0.3 is 12.0 Å². The molecule has 0 aliphatic heterocycles. The number of nitrogens with zero attached hydrogens (tertiary/aromatic N) is 1. The van der Waals surface area contributed by atoms with E-state index in [0.29, 0.717) is 24.4 Å². The molecule has 1 aliphatic rings. The lowest BCUT2D eigenvalue weighted by Gasteiger charge is -2.21. The summed E-state index contributed by atoms with van der Waals surface area (Å²) in [6.07, 6.45) is 2.46. The van der Waals surface area contributed by atoms with Gasteiger partial charge in [0.15, 0.2) is 0 Å². The van der Waals surface area contributed by atoms with Crippen LogP contribution >= 0.6 is 0 Å². The minimum absolute atomic E-state index is 0.278. The summed E-state index contributed by atoms with van der Waals surface area (Å²) < 4.78 is 13.4. The number of carboxylic acid groups (broad SMARTS) is 1. The molecular weight excluding hydrogens is 275 g/mol. The van der Waals surface area contributed by atoms with Crippen LogP contribution in [0.2, 0.25) is 0 Å². The molecule has 21 heavy (non-hydrogen) atoms. The van der Waals surface area contributed by atoms with Crippen molar-refractivity contribution in [2.24, 2.45) is 5.92 Å². The summed E-state index contributed by atoms with van der Waals surface area (Å²) in [6, 6.07) is 5.99. The van der Waals surface area contributed by atoms with Gasteiger partial charge in [0.05, 0.1) is 0 Å². The number of aliphatic carboxylic acids is 1. The highest BCUT2D eigenvalue weighted by Crippen LogP contribution is 2.29. The first kappa shape index (κ1) is 15.3. The number of hydrogen-bond donors (Lipinski definition) is 2. The van der Waals surface area contributed by atoms with E-state index in [0.717, 1.165) is 12.8 Å². The average Bonchev–Trinajstić information content (AvgIpc) is 3.23. The van der Waals surface area contributed by atoms with E-state index in [4.69, 9.17) is 5.11 Å². The van der Waals surface area contributed by atoms with Crippen molar-refractivity contribution in [3.05, 3.63) is 35.6 Å². The molecule has 5 nitrogen and oxygen atoms in total. The maximum atomic E-state index is 13.4. The zero-order valence-electron chi connectivity index (χ0n) is 11.7. The van der Waals surface area contributed by atoms with Crippen LogP contribution in [-0.4, -0.2) is 41.6 Å². The number of hydrogen-bond acceptors (Lipinski definition) is 2. The molecule has 0 aromatic heterocycles. The van der Waals surface area contributed by atoms with Crippen LogP contribution in [0.3, 0.4) is 0 Å². The van der Waals surface area contributed by atoms with Crippen LogP contribution in [0.25, 0.3) is 0 Å². The third kappa shape index (κ3) is 5.06. The van der Waals surface area contributed by atoms with Crippen molar-refractivity contribution >= 4 is 12.0 Å². The van der Waals surface area contributed by atoms with E-state index in [1.54, 1.807) is 18.2 Å². The minimum atomic E-state index is -1.03. The smallest absolute Gasteiger partial charge is 0.323 e. The van der Waals surface area contributed by atoms with Crippen LogP contribution in [0, 0.1) is 11.7 Å². The molecule has 0 radical (unpaired) electrons. The second kappa shape index (κ2) is 7.06. The molecule has 0 heterocycles. The zero-order valence-corrected chi connectivity index (χ0v) is 11.7. The molecule has 1 aromatic rings. The molecule has 0 saturated heterocycles. The Hall–Kier alpha value is -2.11. The Morgan fingerprint density at radius 1 is 1.33 bits per heavy atom. The molecule has 2 amide bonds. The van der Waals surface area contributed by atoms with Gasteiger partial charge in [-0.3, -0.25) is 4.79 Å². The predicted molar refractivity (Wildman–Crippen MR) is 75.4 cm³/mol. The standard InChI is InChI=1S/C15H19FN2O3/c16-13-4-2-1-3-12(13)7-8-17-15(21)18(10-14(19)20)9-11-5-6-11/h1-4,11H,5-10H2,(H,17,21)(H,19,20). The van der Waals surface area contributed by atoms with Gasteiger partial charge in [-0.2, -0.15) is 0 Å². The quantitative estimate of drug-likeness (QED) is 0.806. The van der Waals surface area contributed by atoms with E-state index in [2.05, 4.69) is 5.32 Å². The number of carbonyl (C=O) groups is 2. The van der Waals surface area contributed by atoms with E-state index < -0.39 is 12.0 Å². The largest absolute Gasteiger partial charge is 0.480 e. The van der Waals surface area contributed by atoms with Crippen LogP contribution in [-0.2, 0) is 11.2 Å². The third-order valence-electron chi connectivity index (χ3n) is 3.42. The molecule has 1 saturated carbocycles. The van der Waals surface area contributed by atoms with Crippen molar-refractivity contribution in [1.29, 1.82) is 0 Å². The molecule has 0 unspecified atom stereocenters. The number of carbonyl (C=O) groups excluding carboxylic acids is 1. The van der Waals surface area contributed by atoms with Gasteiger partial charge in [0.25, 0.3) is 0 Å². The Morgan fingerprint density at radius 3 is 2.67 bits per heavy atom. The summed E-state index contributed by atoms with van der Waals surface area (Å²) in [5, 5.41) is 11.5. The van der Waals surface area contributed by atoms with Gasteiger partial charge in [-0.25, -0.2) is 9.18 Å². The van der Waals surface area contributed by atoms with Crippen molar-refractivity contribution in [1.82, 2.24) is 10.2 Å². The highest BCUT2D eigenvalue weighted by Gasteiger charge is 2.27. The maximum Gasteiger partial charge on any atom is 0.323 e. The molecule has 1 aromatic carbocycles. The molecule has 2 rings (SSSR count). The third-order valence-corrected chi connectivity index (χ3v) is 3.42. The van der Waals surface area contributed by atoms with E-state index >= 15 is 0 Å². The lowest BCUT2D eigenvalue weighted by molar-refractivity contribution is -0.137. The Bertz CT molecular complexity index is 517. The Kier molecular flexibility index (Phi) is 5.14. The molecule has 1 aliphatic carbocycles. The van der Waals surface area contributed by atoms with E-state index in [1.807, 2.05) is 0 Å². The number of nitrogens with one attached hydrogen (secondary N) is 1. The van der Waals surface area contributed by atoms with Crippen molar-refractivity contribution in [2.45, 2.75) is 19.3 Å². The van der Waals surface area contributed by atoms with E-state index in [-0.39, 0.29) is 18.9 Å². The average molecular weight is 294 g/mol. The Morgan fingerprint density at radius 2 is 2.05 bits per heavy atom. The Labute approximate surface area is 122 Å². The number of benzene rings is 1. The summed E-state index contributed by atoms with van der Waals surface area (Å²) in [6.45, 7) is 0.445. The van der Waals surface area contributed by atoms with Crippen molar-refractivity contribution in [2.75, 3.05) is 19.6 Å². The number of urea groups is 1. The summed E-state index contributed by atoms with van der Waals surface area (Å²) in [5.74, 6) is -0.909. The molecule has 0 atom stereocenters. The first-order valence-corrected chi connectivity index (χ1v) is 7.04. The van der Waals surface area contributed by atoms with Gasteiger partial charge in [0.1, 0.15) is 12.4 Å².